The summed E-state index contributed by atoms with van der Waals surface area (Å²) >= 11 is 0. The fraction of sp³-hybridized carbons (Fsp3) is 0.798. The highest BCUT2D eigenvalue weighted by atomic mass is 31.2. The number of quaternary nitrogens is 1. The first-order valence-corrected chi connectivity index (χ1v) is 41.6. The number of carbonyl (C=O) groups excluding carboxylic acids is 1. The molecule has 0 aliphatic carbocycles. The van der Waals surface area contributed by atoms with Gasteiger partial charge < -0.3 is 19.8 Å². The highest BCUT2D eigenvalue weighted by molar-refractivity contribution is 7.47. The van der Waals surface area contributed by atoms with Crippen LogP contribution in [-0.4, -0.2) is 73.4 Å². The normalized spacial score (nSPS) is 14.0. The number of likely N-dealkylation sites (N-methyl/N-ethyl adjacent to an activating group) is 1. The van der Waals surface area contributed by atoms with Crippen molar-refractivity contribution in [3.05, 3.63) is 97.2 Å². The van der Waals surface area contributed by atoms with Crippen molar-refractivity contribution < 1.29 is 32.9 Å². The van der Waals surface area contributed by atoms with Gasteiger partial charge in [0.05, 0.1) is 39.9 Å². The maximum atomic E-state index is 13.1. The molecule has 3 N–H and O–H groups in total. The monoisotopic (exact) mass is 1320 g/mol. The first kappa shape index (κ1) is 90.4. The van der Waals surface area contributed by atoms with Gasteiger partial charge in [0.1, 0.15) is 13.2 Å². The predicted octanol–water partition coefficient (Wildman–Crippen LogP) is 26.4. The molecule has 0 saturated heterocycles. The van der Waals surface area contributed by atoms with E-state index >= 15 is 0 Å². The third-order valence-electron chi connectivity index (χ3n) is 18.0. The summed E-state index contributed by atoms with van der Waals surface area (Å²) in [5.74, 6) is -0.182. The first-order valence-electron chi connectivity index (χ1n) is 40.1. The predicted molar refractivity (Wildman–Crippen MR) is 410 cm³/mol. The molecule has 0 radical (unpaired) electrons. The molecule has 0 bridgehead atoms. The highest BCUT2D eigenvalue weighted by Gasteiger charge is 2.28. The summed E-state index contributed by atoms with van der Waals surface area (Å²) in [5, 5.41) is 14.0. The number of hydrogen-bond donors (Lipinski definition) is 3. The van der Waals surface area contributed by atoms with E-state index in [1.807, 2.05) is 27.2 Å². The van der Waals surface area contributed by atoms with Gasteiger partial charge in [-0.15, -0.1) is 0 Å². The van der Waals surface area contributed by atoms with E-state index < -0.39 is 20.0 Å². The van der Waals surface area contributed by atoms with E-state index in [2.05, 4.69) is 104 Å². The van der Waals surface area contributed by atoms with E-state index in [0.29, 0.717) is 17.4 Å². The van der Waals surface area contributed by atoms with E-state index in [1.165, 1.54) is 283 Å². The lowest BCUT2D eigenvalue weighted by Crippen LogP contribution is -2.45. The minimum absolute atomic E-state index is 0.0551. The molecule has 0 aromatic heterocycles. The van der Waals surface area contributed by atoms with Crippen molar-refractivity contribution in [3.63, 3.8) is 0 Å². The zero-order chi connectivity index (χ0) is 67.6. The third kappa shape index (κ3) is 76.7. The van der Waals surface area contributed by atoms with Crippen LogP contribution in [0.1, 0.15) is 380 Å². The summed E-state index contributed by atoms with van der Waals surface area (Å²) < 4.78 is 23.9. The van der Waals surface area contributed by atoms with Crippen molar-refractivity contribution in [1.29, 1.82) is 0 Å². The van der Waals surface area contributed by atoms with Crippen LogP contribution in [0.15, 0.2) is 97.2 Å². The molecule has 1 amide bonds. The first-order chi connectivity index (χ1) is 45.5. The van der Waals surface area contributed by atoms with Crippen molar-refractivity contribution in [2.45, 2.75) is 392 Å². The van der Waals surface area contributed by atoms with Gasteiger partial charge in [0, 0.05) is 6.42 Å². The summed E-state index contributed by atoms with van der Waals surface area (Å²) in [6.45, 7) is 4.73. The fourth-order valence-electron chi connectivity index (χ4n) is 11.9. The Balaban J connectivity index is 4.00. The number of amides is 1. The largest absolute Gasteiger partial charge is 0.472 e. The summed E-state index contributed by atoms with van der Waals surface area (Å²) in [6.07, 6.45) is 108. The minimum Gasteiger partial charge on any atom is -0.387 e. The van der Waals surface area contributed by atoms with Gasteiger partial charge in [-0.1, -0.05) is 387 Å². The minimum atomic E-state index is -4.37. The van der Waals surface area contributed by atoms with Gasteiger partial charge >= 0.3 is 7.82 Å². The fourth-order valence-corrected chi connectivity index (χ4v) is 12.6. The van der Waals surface area contributed by atoms with E-state index in [1.54, 1.807) is 6.08 Å². The summed E-state index contributed by atoms with van der Waals surface area (Å²) in [4.78, 5) is 23.5. The molecule has 0 fully saturated rings. The molecule has 0 aromatic carbocycles. The Labute approximate surface area is 579 Å². The summed E-state index contributed by atoms with van der Waals surface area (Å²) in [6, 6.07) is -0.869. The lowest BCUT2D eigenvalue weighted by molar-refractivity contribution is -0.870. The summed E-state index contributed by atoms with van der Waals surface area (Å²) in [7, 11) is 1.56. The molecule has 3 atom stereocenters. The molecule has 93 heavy (non-hydrogen) atoms. The van der Waals surface area contributed by atoms with Crippen molar-refractivity contribution in [2.24, 2.45) is 0 Å². The average molecular weight is 1320 g/mol. The van der Waals surface area contributed by atoms with E-state index in [9.17, 15) is 19.4 Å². The zero-order valence-corrected chi connectivity index (χ0v) is 63.1. The van der Waals surface area contributed by atoms with Crippen LogP contribution < -0.4 is 5.32 Å². The average Bonchev–Trinajstić information content (AvgIpc) is 1.94. The van der Waals surface area contributed by atoms with E-state index in [4.69, 9.17) is 9.05 Å². The van der Waals surface area contributed by atoms with Crippen LogP contribution in [0.2, 0.25) is 0 Å². The van der Waals surface area contributed by atoms with Crippen molar-refractivity contribution in [3.8, 4) is 0 Å². The van der Waals surface area contributed by atoms with Gasteiger partial charge in [-0.2, -0.15) is 0 Å². The molecule has 8 nitrogen and oxygen atoms in total. The molecular weight excluding hydrogens is 1160 g/mol. The standard InChI is InChI=1S/C84H155N2O6P/c1-6-8-10-12-14-16-18-20-22-24-26-28-30-32-34-36-38-40-41-42-43-44-45-46-48-50-52-54-56-58-60-62-64-66-68-70-72-74-76-78-84(88)85-82(81-92-93(89,90)91-80-79-86(3,4)5)83(87)77-75-73-71-69-67-65-63-61-59-57-55-53-51-49-47-39-37-35-33-31-29-27-25-23-21-19-17-15-13-11-9-7-2/h8,10,14,16,20,22,26,28,32,34,38,40,67,69,75,77,82-83,87H,6-7,9,11-13,15,17-19,21,23-25,27,29-31,33,35-37,39,41-66,68,70-74,76,78-81H2,1-5H3,(H-,85,88,89,90)/p+1/b10-8-,16-14-,22-20-,28-26-,34-32-,40-38-,69-67+,77-75+. The molecule has 542 valence electrons. The number of hydrogen-bond acceptors (Lipinski definition) is 5. The van der Waals surface area contributed by atoms with Crippen LogP contribution in [0.25, 0.3) is 0 Å². The summed E-state index contributed by atoms with van der Waals surface area (Å²) in [5.41, 5.74) is 0. The number of allylic oxidation sites excluding steroid dienone is 15. The molecule has 3 unspecified atom stereocenters. The van der Waals surface area contributed by atoms with Gasteiger partial charge in [0.15, 0.2) is 0 Å². The van der Waals surface area contributed by atoms with Crippen molar-refractivity contribution in [1.82, 2.24) is 5.32 Å². The van der Waals surface area contributed by atoms with Crippen molar-refractivity contribution >= 4 is 13.7 Å². The van der Waals surface area contributed by atoms with Gasteiger partial charge in [0.2, 0.25) is 5.91 Å². The maximum absolute atomic E-state index is 13.1. The van der Waals surface area contributed by atoms with Crippen LogP contribution in [0.4, 0.5) is 0 Å². The molecule has 9 heteroatoms. The van der Waals surface area contributed by atoms with Crippen LogP contribution >= 0.6 is 7.82 Å². The topological polar surface area (TPSA) is 105 Å². The lowest BCUT2D eigenvalue weighted by Gasteiger charge is -2.25. The smallest absolute Gasteiger partial charge is 0.387 e. The molecule has 0 heterocycles. The van der Waals surface area contributed by atoms with Gasteiger partial charge in [0.25, 0.3) is 0 Å². The van der Waals surface area contributed by atoms with Gasteiger partial charge in [-0.25, -0.2) is 4.57 Å². The van der Waals surface area contributed by atoms with Crippen LogP contribution in [0, 0.1) is 0 Å². The van der Waals surface area contributed by atoms with Gasteiger partial charge in [-0.3, -0.25) is 13.8 Å². The SMILES string of the molecule is CC/C=C\C/C=C\C/C=C\C/C=C\C/C=C\C/C=C\CCCCCCCCCCCCCCCCCCCCCCC(=O)NC(COP(=O)(O)OCC[N+](C)(C)C)C(O)/C=C/CC/C=C/CCCCCCCCCCCCCCCCCCCCCCCCCCCC. The Kier molecular flexibility index (Phi) is 71.6. The molecule has 0 aromatic rings. The Morgan fingerprint density at radius 1 is 0.376 bits per heavy atom. The Morgan fingerprint density at radius 3 is 0.989 bits per heavy atom. The number of carbonyl (C=O) groups is 1. The second-order valence-corrected chi connectivity index (χ2v) is 29.9. The number of aliphatic hydroxyl groups is 1. The second-order valence-electron chi connectivity index (χ2n) is 28.4. The van der Waals surface area contributed by atoms with Crippen molar-refractivity contribution in [2.75, 3.05) is 40.9 Å². The number of phosphoric ester groups is 1. The Morgan fingerprint density at radius 2 is 0.656 bits per heavy atom. The molecule has 0 aliphatic heterocycles. The molecule has 0 spiro atoms. The van der Waals surface area contributed by atoms with Crippen LogP contribution in [0.5, 0.6) is 0 Å². The number of nitrogens with one attached hydrogen (secondary N) is 1. The molecule has 0 saturated carbocycles. The zero-order valence-electron chi connectivity index (χ0n) is 62.2. The quantitative estimate of drug-likeness (QED) is 0.0243. The number of phosphoric acid groups is 1. The number of rotatable bonds is 74. The highest BCUT2D eigenvalue weighted by Crippen LogP contribution is 2.43. The number of aliphatic hydroxyl groups excluding tert-OH is 1. The Bertz CT molecular complexity index is 1840. The molecule has 0 aliphatic rings. The van der Waals surface area contributed by atoms with Crippen LogP contribution in [-0.2, 0) is 18.4 Å². The third-order valence-corrected chi connectivity index (χ3v) is 19.0. The van der Waals surface area contributed by atoms with E-state index in [0.717, 1.165) is 77.0 Å². The Hall–Kier alpha value is -2.58. The van der Waals surface area contributed by atoms with E-state index in [-0.39, 0.29) is 19.1 Å². The van der Waals surface area contributed by atoms with Gasteiger partial charge in [-0.05, 0) is 83.5 Å². The maximum Gasteiger partial charge on any atom is 0.472 e. The lowest BCUT2D eigenvalue weighted by atomic mass is 10.0. The molecular formula is C84H156N2O6P+. The molecule has 0 rings (SSSR count). The number of unbranched alkanes of at least 4 members (excludes halogenated alkanes) is 47. The number of nitrogens with zero attached hydrogens (tertiary/aromatic N) is 1. The second kappa shape index (κ2) is 73.7. The van der Waals surface area contributed by atoms with Crippen LogP contribution in [0.3, 0.4) is 0 Å².